The highest BCUT2D eigenvalue weighted by molar-refractivity contribution is 7.98. The van der Waals surface area contributed by atoms with Crippen LogP contribution in [-0.2, 0) is 5.75 Å². The molecule has 0 aliphatic carbocycles. The molecule has 1 aromatic heterocycles. The number of thioether (sulfide) groups is 1. The molecule has 2 aromatic carbocycles. The molecule has 10 heteroatoms. The molecule has 0 aliphatic rings. The fraction of sp³-hybridized carbons (Fsp3) is 0.211. The van der Waals surface area contributed by atoms with E-state index in [1.54, 1.807) is 13.8 Å². The van der Waals surface area contributed by atoms with E-state index in [2.05, 4.69) is 15.6 Å². The number of amides is 1. The maximum Gasteiger partial charge on any atom is 0.311 e. The van der Waals surface area contributed by atoms with E-state index in [9.17, 15) is 14.9 Å². The van der Waals surface area contributed by atoms with E-state index < -0.39 is 10.8 Å². The van der Waals surface area contributed by atoms with E-state index in [-0.39, 0.29) is 23.6 Å². The number of aromatic nitrogens is 3. The number of nitro benzene ring substituents is 1. The van der Waals surface area contributed by atoms with E-state index in [0.717, 1.165) is 5.56 Å². The summed E-state index contributed by atoms with van der Waals surface area (Å²) in [6, 6.07) is 13.9. The molecule has 0 atom stereocenters. The second kappa shape index (κ2) is 9.20. The predicted molar refractivity (Wildman–Crippen MR) is 109 cm³/mol. The third-order valence-corrected chi connectivity index (χ3v) is 4.94. The van der Waals surface area contributed by atoms with Crippen molar-refractivity contribution in [3.05, 3.63) is 75.6 Å². The molecule has 29 heavy (non-hydrogen) atoms. The van der Waals surface area contributed by atoms with Crippen LogP contribution in [0, 0.1) is 17.0 Å². The Morgan fingerprint density at radius 3 is 2.69 bits per heavy atom. The molecule has 0 saturated carbocycles. The molecule has 3 rings (SSSR count). The van der Waals surface area contributed by atoms with Gasteiger partial charge in [0, 0.05) is 17.4 Å². The Hall–Kier alpha value is -3.40. The molecule has 0 radical (unpaired) electrons. The topological polar surface area (TPSA) is 112 Å². The second-order valence-corrected chi connectivity index (χ2v) is 6.90. The van der Waals surface area contributed by atoms with Gasteiger partial charge in [-0.25, -0.2) is 4.68 Å². The molecule has 3 aromatic rings. The molecule has 0 aliphatic heterocycles. The number of benzene rings is 2. The Kier molecular flexibility index (Phi) is 6.45. The molecule has 0 bridgehead atoms. The summed E-state index contributed by atoms with van der Waals surface area (Å²) in [5, 5.41) is 19.9. The number of nitrogens with one attached hydrogen (secondary N) is 1. The van der Waals surface area contributed by atoms with Crippen molar-refractivity contribution in [1.82, 2.24) is 14.9 Å². The lowest BCUT2D eigenvalue weighted by Gasteiger charge is -2.11. The molecule has 9 nitrogen and oxygen atoms in total. The molecule has 0 saturated heterocycles. The molecule has 0 fully saturated rings. The minimum absolute atomic E-state index is 0.119. The largest absolute Gasteiger partial charge is 0.487 e. The van der Waals surface area contributed by atoms with Crippen LogP contribution in [0.2, 0.25) is 0 Å². The van der Waals surface area contributed by atoms with Crippen LogP contribution in [0.25, 0.3) is 0 Å². The zero-order chi connectivity index (χ0) is 20.8. The average molecular weight is 413 g/mol. The van der Waals surface area contributed by atoms with Crippen molar-refractivity contribution in [2.45, 2.75) is 24.8 Å². The SMILES string of the molecule is CCOc1ccc(C(=O)Nn2c(C)nnc2SCc2ccccc2)cc1[N+](=O)[O-]. The molecule has 1 amide bonds. The summed E-state index contributed by atoms with van der Waals surface area (Å²) >= 11 is 1.42. The maximum absolute atomic E-state index is 12.7. The van der Waals surface area contributed by atoms with Gasteiger partial charge in [0.1, 0.15) is 5.82 Å². The number of rotatable bonds is 8. The molecule has 150 valence electrons. The van der Waals surface area contributed by atoms with Gasteiger partial charge in [-0.2, -0.15) is 0 Å². The van der Waals surface area contributed by atoms with Gasteiger partial charge in [0.2, 0.25) is 5.16 Å². The highest BCUT2D eigenvalue weighted by Gasteiger charge is 2.20. The maximum atomic E-state index is 12.7. The summed E-state index contributed by atoms with van der Waals surface area (Å²) in [5.74, 6) is 0.757. The Bertz CT molecular complexity index is 1020. The number of carbonyl (C=O) groups excluding carboxylic acids is 1. The Morgan fingerprint density at radius 1 is 1.24 bits per heavy atom. The monoisotopic (exact) mass is 413 g/mol. The van der Waals surface area contributed by atoms with Crippen LogP contribution < -0.4 is 10.2 Å². The summed E-state index contributed by atoms with van der Waals surface area (Å²) in [6.07, 6.45) is 0. The van der Waals surface area contributed by atoms with E-state index in [4.69, 9.17) is 4.74 Å². The van der Waals surface area contributed by atoms with Gasteiger partial charge < -0.3 is 4.74 Å². The highest BCUT2D eigenvalue weighted by atomic mass is 32.2. The number of hydrogen-bond acceptors (Lipinski definition) is 7. The lowest BCUT2D eigenvalue weighted by atomic mass is 10.2. The van der Waals surface area contributed by atoms with Crippen LogP contribution in [0.1, 0.15) is 28.7 Å². The minimum atomic E-state index is -0.576. The van der Waals surface area contributed by atoms with E-state index in [1.807, 2.05) is 30.3 Å². The average Bonchev–Trinajstić information content (AvgIpc) is 3.07. The minimum Gasteiger partial charge on any atom is -0.487 e. The summed E-state index contributed by atoms with van der Waals surface area (Å²) in [5.41, 5.74) is 3.67. The van der Waals surface area contributed by atoms with Gasteiger partial charge in [0.05, 0.1) is 11.5 Å². The zero-order valence-electron chi connectivity index (χ0n) is 15.9. The fourth-order valence-electron chi connectivity index (χ4n) is 2.53. The van der Waals surface area contributed by atoms with Crippen LogP contribution in [0.15, 0.2) is 53.7 Å². The van der Waals surface area contributed by atoms with Crippen molar-refractivity contribution in [1.29, 1.82) is 0 Å². The van der Waals surface area contributed by atoms with Crippen molar-refractivity contribution in [3.8, 4) is 5.75 Å². The number of hydrogen-bond donors (Lipinski definition) is 1. The zero-order valence-corrected chi connectivity index (χ0v) is 16.7. The molecule has 1 N–H and O–H groups in total. The smallest absolute Gasteiger partial charge is 0.311 e. The molecule has 0 spiro atoms. The fourth-order valence-corrected chi connectivity index (χ4v) is 3.43. The van der Waals surface area contributed by atoms with Crippen molar-refractivity contribution in [2.24, 2.45) is 0 Å². The van der Waals surface area contributed by atoms with Crippen LogP contribution in [0.4, 0.5) is 5.69 Å². The third kappa shape index (κ3) is 4.91. The lowest BCUT2D eigenvalue weighted by Crippen LogP contribution is -2.24. The van der Waals surface area contributed by atoms with Gasteiger partial charge in [-0.1, -0.05) is 42.1 Å². The first-order valence-corrected chi connectivity index (χ1v) is 9.79. The summed E-state index contributed by atoms with van der Waals surface area (Å²) in [4.78, 5) is 23.4. The molecule has 0 unspecified atom stereocenters. The van der Waals surface area contributed by atoms with Crippen LogP contribution in [-0.4, -0.2) is 32.3 Å². The number of aryl methyl sites for hydroxylation is 1. The normalized spacial score (nSPS) is 10.6. The standard InChI is InChI=1S/C19H19N5O4S/c1-3-28-17-10-9-15(11-16(17)24(26)27)18(25)22-23-13(2)20-21-19(23)29-12-14-7-5-4-6-8-14/h4-11H,3,12H2,1-2H3,(H,22,25). The Balaban J connectivity index is 1.78. The highest BCUT2D eigenvalue weighted by Crippen LogP contribution is 2.28. The number of nitro groups is 1. The van der Waals surface area contributed by atoms with Crippen molar-refractivity contribution >= 4 is 23.4 Å². The van der Waals surface area contributed by atoms with Gasteiger partial charge in [-0.05, 0) is 31.5 Å². The van der Waals surface area contributed by atoms with E-state index in [1.165, 1.54) is 34.6 Å². The second-order valence-electron chi connectivity index (χ2n) is 5.95. The first-order valence-electron chi connectivity index (χ1n) is 8.81. The Morgan fingerprint density at radius 2 is 2.00 bits per heavy atom. The summed E-state index contributed by atoms with van der Waals surface area (Å²) in [7, 11) is 0. The first kappa shape index (κ1) is 20.3. The molecule has 1 heterocycles. The quantitative estimate of drug-likeness (QED) is 0.341. The van der Waals surface area contributed by atoms with E-state index in [0.29, 0.717) is 16.7 Å². The summed E-state index contributed by atoms with van der Waals surface area (Å²) in [6.45, 7) is 3.72. The van der Waals surface area contributed by atoms with Gasteiger partial charge in [-0.3, -0.25) is 20.3 Å². The van der Waals surface area contributed by atoms with Gasteiger partial charge >= 0.3 is 5.69 Å². The number of ether oxygens (including phenoxy) is 1. The lowest BCUT2D eigenvalue weighted by molar-refractivity contribution is -0.385. The molecular formula is C19H19N5O4S. The Labute approximate surface area is 171 Å². The van der Waals surface area contributed by atoms with Crippen molar-refractivity contribution in [3.63, 3.8) is 0 Å². The number of carbonyl (C=O) groups is 1. The van der Waals surface area contributed by atoms with Gasteiger partial charge in [-0.15, -0.1) is 10.2 Å². The van der Waals surface area contributed by atoms with E-state index >= 15 is 0 Å². The van der Waals surface area contributed by atoms with Gasteiger partial charge in [0.15, 0.2) is 5.75 Å². The van der Waals surface area contributed by atoms with Crippen LogP contribution in [0.3, 0.4) is 0 Å². The third-order valence-electron chi connectivity index (χ3n) is 3.94. The predicted octanol–water partition coefficient (Wildman–Crippen LogP) is 3.57. The number of nitrogens with zero attached hydrogens (tertiary/aromatic N) is 4. The van der Waals surface area contributed by atoms with Crippen molar-refractivity contribution in [2.75, 3.05) is 12.0 Å². The first-order chi connectivity index (χ1) is 14.0. The van der Waals surface area contributed by atoms with Crippen LogP contribution >= 0.6 is 11.8 Å². The molecular weight excluding hydrogens is 394 g/mol. The summed E-state index contributed by atoms with van der Waals surface area (Å²) < 4.78 is 6.72. The van der Waals surface area contributed by atoms with Gasteiger partial charge in [0.25, 0.3) is 5.91 Å². The van der Waals surface area contributed by atoms with Crippen LogP contribution in [0.5, 0.6) is 5.75 Å². The van der Waals surface area contributed by atoms with Crippen molar-refractivity contribution < 1.29 is 14.5 Å².